The Labute approximate surface area is 120 Å². The third-order valence-electron chi connectivity index (χ3n) is 2.69. The van der Waals surface area contributed by atoms with Gasteiger partial charge in [-0.15, -0.1) is 0 Å². The van der Waals surface area contributed by atoms with Crippen molar-refractivity contribution in [1.82, 2.24) is 0 Å². The maximum Gasteiger partial charge on any atom is 0.255 e. The van der Waals surface area contributed by atoms with Crippen LogP contribution in [0.15, 0.2) is 36.4 Å². The van der Waals surface area contributed by atoms with E-state index < -0.39 is 11.7 Å². The Morgan fingerprint density at radius 2 is 2.05 bits per heavy atom. The lowest BCUT2D eigenvalue weighted by molar-refractivity contribution is 0.102. The van der Waals surface area contributed by atoms with Crippen molar-refractivity contribution in [3.8, 4) is 5.75 Å². The Morgan fingerprint density at radius 3 is 2.70 bits per heavy atom. The van der Waals surface area contributed by atoms with Gasteiger partial charge >= 0.3 is 0 Å². The van der Waals surface area contributed by atoms with Crippen molar-refractivity contribution in [2.45, 2.75) is 0 Å². The van der Waals surface area contributed by atoms with E-state index in [-0.39, 0.29) is 10.6 Å². The monoisotopic (exact) mass is 294 g/mol. The van der Waals surface area contributed by atoms with Crippen LogP contribution in [-0.4, -0.2) is 13.0 Å². The van der Waals surface area contributed by atoms with Crippen molar-refractivity contribution in [3.05, 3.63) is 52.8 Å². The molecule has 0 fully saturated rings. The van der Waals surface area contributed by atoms with Gasteiger partial charge in [0.15, 0.2) is 0 Å². The molecule has 0 saturated heterocycles. The summed E-state index contributed by atoms with van der Waals surface area (Å²) >= 11 is 5.57. The van der Waals surface area contributed by atoms with Crippen LogP contribution in [0, 0.1) is 5.82 Å². The van der Waals surface area contributed by atoms with Gasteiger partial charge in [-0.2, -0.15) is 0 Å². The first-order valence-corrected chi connectivity index (χ1v) is 6.09. The van der Waals surface area contributed by atoms with E-state index in [2.05, 4.69) is 5.32 Å². The van der Waals surface area contributed by atoms with Gasteiger partial charge in [0, 0.05) is 11.6 Å². The van der Waals surface area contributed by atoms with Crippen LogP contribution in [-0.2, 0) is 0 Å². The summed E-state index contributed by atoms with van der Waals surface area (Å²) in [7, 11) is 1.51. The summed E-state index contributed by atoms with van der Waals surface area (Å²) in [6, 6.07) is 8.68. The average Bonchev–Trinajstić information content (AvgIpc) is 2.44. The fraction of sp³-hybridized carbons (Fsp3) is 0.0714. The number of carbonyl (C=O) groups excluding carboxylic acids is 1. The van der Waals surface area contributed by atoms with Crippen molar-refractivity contribution in [3.63, 3.8) is 0 Å². The van der Waals surface area contributed by atoms with Crippen molar-refractivity contribution < 1.29 is 13.9 Å². The summed E-state index contributed by atoms with van der Waals surface area (Å²) < 4.78 is 18.4. The summed E-state index contributed by atoms with van der Waals surface area (Å²) in [4.78, 5) is 12.0. The van der Waals surface area contributed by atoms with E-state index in [9.17, 15) is 9.18 Å². The number of nitrogens with one attached hydrogen (secondary N) is 1. The molecule has 1 amide bonds. The van der Waals surface area contributed by atoms with Gasteiger partial charge in [0.1, 0.15) is 11.6 Å². The van der Waals surface area contributed by atoms with Crippen molar-refractivity contribution in [2.75, 3.05) is 18.2 Å². The molecule has 0 heterocycles. The Bertz CT molecular complexity index is 662. The molecule has 0 bridgehead atoms. The SMILES string of the molecule is COc1ccc(N)c(NC(=O)c2ccc(Cl)c(F)c2)c1. The number of ether oxygens (including phenoxy) is 1. The molecule has 0 aliphatic rings. The average molecular weight is 295 g/mol. The number of carbonyl (C=O) groups is 1. The van der Waals surface area contributed by atoms with E-state index in [0.717, 1.165) is 6.07 Å². The number of rotatable bonds is 3. The van der Waals surface area contributed by atoms with Gasteiger partial charge in [0.05, 0.1) is 23.5 Å². The highest BCUT2D eigenvalue weighted by atomic mass is 35.5. The normalized spacial score (nSPS) is 10.2. The third kappa shape index (κ3) is 3.00. The summed E-state index contributed by atoms with van der Waals surface area (Å²) in [5, 5.41) is 2.55. The van der Waals surface area contributed by atoms with Crippen LogP contribution in [0.3, 0.4) is 0 Å². The van der Waals surface area contributed by atoms with Crippen LogP contribution in [0.25, 0.3) is 0 Å². The smallest absolute Gasteiger partial charge is 0.255 e. The molecule has 0 unspecified atom stereocenters. The molecule has 0 atom stereocenters. The Morgan fingerprint density at radius 1 is 1.30 bits per heavy atom. The number of hydrogen-bond acceptors (Lipinski definition) is 3. The number of methoxy groups -OCH3 is 1. The first-order chi connectivity index (χ1) is 9.51. The second-order valence-electron chi connectivity index (χ2n) is 4.04. The molecule has 104 valence electrons. The van der Waals surface area contributed by atoms with Crippen molar-refractivity contribution >= 4 is 28.9 Å². The lowest BCUT2D eigenvalue weighted by Gasteiger charge is -2.10. The van der Waals surface area contributed by atoms with Gasteiger partial charge in [0.2, 0.25) is 0 Å². The van der Waals surface area contributed by atoms with Crippen LogP contribution in [0.2, 0.25) is 5.02 Å². The lowest BCUT2D eigenvalue weighted by atomic mass is 10.2. The maximum atomic E-state index is 13.3. The number of benzene rings is 2. The molecule has 4 nitrogen and oxygen atoms in total. The van der Waals surface area contributed by atoms with E-state index in [1.54, 1.807) is 18.2 Å². The molecular formula is C14H12ClFN2O2. The molecule has 2 rings (SSSR count). The molecule has 3 N–H and O–H groups in total. The van der Waals surface area contributed by atoms with Crippen LogP contribution in [0.5, 0.6) is 5.75 Å². The highest BCUT2D eigenvalue weighted by Crippen LogP contribution is 2.25. The fourth-order valence-corrected chi connectivity index (χ4v) is 1.72. The predicted molar refractivity (Wildman–Crippen MR) is 76.8 cm³/mol. The highest BCUT2D eigenvalue weighted by Gasteiger charge is 2.11. The topological polar surface area (TPSA) is 64.3 Å². The standard InChI is InChI=1S/C14H12ClFN2O2/c1-20-9-3-5-12(17)13(7-9)18-14(19)8-2-4-10(15)11(16)6-8/h2-7H,17H2,1H3,(H,18,19). The molecule has 0 aromatic heterocycles. The molecule has 0 saturated carbocycles. The number of halogens is 2. The van der Waals surface area contributed by atoms with Crippen LogP contribution >= 0.6 is 11.6 Å². The highest BCUT2D eigenvalue weighted by molar-refractivity contribution is 6.30. The van der Waals surface area contributed by atoms with E-state index >= 15 is 0 Å². The molecule has 0 aliphatic heterocycles. The summed E-state index contributed by atoms with van der Waals surface area (Å²) in [5.74, 6) is -0.588. The molecule has 2 aromatic carbocycles. The molecule has 0 spiro atoms. The number of nitrogen functional groups attached to an aromatic ring is 1. The Kier molecular flexibility index (Phi) is 4.10. The first-order valence-electron chi connectivity index (χ1n) is 5.71. The molecule has 0 aliphatic carbocycles. The minimum atomic E-state index is -0.655. The second-order valence-corrected chi connectivity index (χ2v) is 4.44. The van der Waals surface area contributed by atoms with Crippen LogP contribution in [0.1, 0.15) is 10.4 Å². The fourth-order valence-electron chi connectivity index (χ4n) is 1.60. The van der Waals surface area contributed by atoms with Gasteiger partial charge in [0.25, 0.3) is 5.91 Å². The zero-order valence-corrected chi connectivity index (χ0v) is 11.4. The van der Waals surface area contributed by atoms with Crippen LogP contribution in [0.4, 0.5) is 15.8 Å². The summed E-state index contributed by atoms with van der Waals surface area (Å²) in [5.41, 5.74) is 6.68. The molecule has 20 heavy (non-hydrogen) atoms. The lowest BCUT2D eigenvalue weighted by Crippen LogP contribution is -2.13. The van der Waals surface area contributed by atoms with E-state index in [1.807, 2.05) is 0 Å². The Hall–Kier alpha value is -2.27. The third-order valence-corrected chi connectivity index (χ3v) is 3.00. The summed E-state index contributed by atoms with van der Waals surface area (Å²) in [6.45, 7) is 0. The van der Waals surface area contributed by atoms with Crippen molar-refractivity contribution in [1.29, 1.82) is 0 Å². The predicted octanol–water partition coefficient (Wildman–Crippen LogP) is 3.32. The molecule has 0 radical (unpaired) electrons. The van der Waals surface area contributed by atoms with Crippen molar-refractivity contribution in [2.24, 2.45) is 0 Å². The number of hydrogen-bond donors (Lipinski definition) is 2. The number of nitrogens with two attached hydrogens (primary N) is 1. The zero-order valence-electron chi connectivity index (χ0n) is 10.6. The minimum Gasteiger partial charge on any atom is -0.497 e. The summed E-state index contributed by atoms with van der Waals surface area (Å²) in [6.07, 6.45) is 0. The van der Waals surface area contributed by atoms with Gasteiger partial charge in [-0.3, -0.25) is 4.79 Å². The number of amides is 1. The quantitative estimate of drug-likeness (QED) is 0.854. The van der Waals surface area contributed by atoms with Gasteiger partial charge in [-0.05, 0) is 30.3 Å². The van der Waals surface area contributed by atoms with E-state index in [1.165, 1.54) is 19.2 Å². The molecular weight excluding hydrogens is 283 g/mol. The van der Waals surface area contributed by atoms with E-state index in [0.29, 0.717) is 17.1 Å². The van der Waals surface area contributed by atoms with Crippen LogP contribution < -0.4 is 15.8 Å². The second kappa shape index (κ2) is 5.79. The van der Waals surface area contributed by atoms with E-state index in [4.69, 9.17) is 22.1 Å². The molecule has 2 aromatic rings. The molecule has 6 heteroatoms. The zero-order chi connectivity index (χ0) is 14.7. The Balaban J connectivity index is 2.25. The van der Waals surface area contributed by atoms with Gasteiger partial charge in [-0.1, -0.05) is 11.6 Å². The maximum absolute atomic E-state index is 13.3. The minimum absolute atomic E-state index is 0.0394. The van der Waals surface area contributed by atoms with Gasteiger partial charge in [-0.25, -0.2) is 4.39 Å². The number of anilines is 2. The first kappa shape index (κ1) is 14.1. The van der Waals surface area contributed by atoms with Gasteiger partial charge < -0.3 is 15.8 Å². The largest absolute Gasteiger partial charge is 0.497 e.